The van der Waals surface area contributed by atoms with Gasteiger partial charge in [0.1, 0.15) is 11.3 Å². The molecular formula is C15H21NO3. The van der Waals surface area contributed by atoms with Gasteiger partial charge in [0.25, 0.3) is 0 Å². The molecule has 0 bridgehead atoms. The van der Waals surface area contributed by atoms with Gasteiger partial charge in [0.15, 0.2) is 0 Å². The number of anilines is 1. The Morgan fingerprint density at radius 3 is 2.58 bits per heavy atom. The van der Waals surface area contributed by atoms with Crippen molar-refractivity contribution in [3.05, 3.63) is 23.8 Å². The molecule has 1 aliphatic rings. The monoisotopic (exact) mass is 263 g/mol. The number of methoxy groups -OCH3 is 1. The molecule has 0 saturated heterocycles. The average molecular weight is 263 g/mol. The van der Waals surface area contributed by atoms with Gasteiger partial charge in [-0.1, -0.05) is 6.92 Å². The number of benzene rings is 1. The quantitative estimate of drug-likeness (QED) is 0.672. The van der Waals surface area contributed by atoms with E-state index < -0.39 is 5.97 Å². The molecule has 0 amide bonds. The molecule has 2 rings (SSSR count). The van der Waals surface area contributed by atoms with E-state index in [1.54, 1.807) is 18.2 Å². The number of esters is 1. The second-order valence-corrected chi connectivity index (χ2v) is 5.25. The minimum absolute atomic E-state index is 0.184. The van der Waals surface area contributed by atoms with E-state index in [2.05, 4.69) is 6.92 Å². The first kappa shape index (κ1) is 13.7. The highest BCUT2D eigenvalue weighted by Gasteiger charge is 2.22. The molecule has 0 spiro atoms. The lowest BCUT2D eigenvalue weighted by atomic mass is 9.89. The fraction of sp³-hybridized carbons (Fsp3) is 0.533. The Hall–Kier alpha value is -1.71. The maximum absolute atomic E-state index is 11.7. The minimum atomic E-state index is -0.411. The van der Waals surface area contributed by atoms with Crippen molar-refractivity contribution < 1.29 is 14.3 Å². The van der Waals surface area contributed by atoms with Crippen molar-refractivity contribution in [2.45, 2.75) is 38.7 Å². The van der Waals surface area contributed by atoms with Gasteiger partial charge in [0, 0.05) is 5.69 Å². The van der Waals surface area contributed by atoms with Gasteiger partial charge in [-0.25, -0.2) is 4.79 Å². The van der Waals surface area contributed by atoms with E-state index in [1.165, 1.54) is 20.0 Å². The molecule has 104 valence electrons. The minimum Gasteiger partial charge on any atom is -0.490 e. The lowest BCUT2D eigenvalue weighted by molar-refractivity contribution is 0.0589. The summed E-state index contributed by atoms with van der Waals surface area (Å²) in [6, 6.07) is 5.10. The van der Waals surface area contributed by atoms with Crippen molar-refractivity contribution >= 4 is 11.7 Å². The summed E-state index contributed by atoms with van der Waals surface area (Å²) in [5.74, 6) is 0.929. The highest BCUT2D eigenvalue weighted by Crippen LogP contribution is 2.30. The van der Waals surface area contributed by atoms with Crippen LogP contribution >= 0.6 is 0 Å². The van der Waals surface area contributed by atoms with Gasteiger partial charge in [-0.15, -0.1) is 0 Å². The third-order valence-electron chi connectivity index (χ3n) is 3.67. The van der Waals surface area contributed by atoms with Crippen molar-refractivity contribution in [2.24, 2.45) is 5.92 Å². The Kier molecular flexibility index (Phi) is 4.30. The summed E-state index contributed by atoms with van der Waals surface area (Å²) in [6.07, 6.45) is 4.60. The van der Waals surface area contributed by atoms with Crippen LogP contribution < -0.4 is 10.5 Å². The van der Waals surface area contributed by atoms with Gasteiger partial charge >= 0.3 is 5.97 Å². The van der Waals surface area contributed by atoms with E-state index in [-0.39, 0.29) is 6.10 Å². The third-order valence-corrected chi connectivity index (χ3v) is 3.67. The molecule has 0 aliphatic heterocycles. The second-order valence-electron chi connectivity index (χ2n) is 5.25. The summed E-state index contributed by atoms with van der Waals surface area (Å²) in [6.45, 7) is 2.26. The second kappa shape index (κ2) is 5.95. The molecule has 2 N–H and O–H groups in total. The molecule has 0 heterocycles. The topological polar surface area (TPSA) is 61.5 Å². The average Bonchev–Trinajstić information content (AvgIpc) is 2.42. The SMILES string of the molecule is COC(=O)c1cc(N)ccc1OC1CCC(C)CC1. The Labute approximate surface area is 113 Å². The first-order chi connectivity index (χ1) is 9.10. The zero-order valence-electron chi connectivity index (χ0n) is 11.5. The summed E-state index contributed by atoms with van der Waals surface area (Å²) in [7, 11) is 1.36. The highest BCUT2D eigenvalue weighted by atomic mass is 16.5. The first-order valence-electron chi connectivity index (χ1n) is 6.74. The molecule has 1 aromatic rings. The van der Waals surface area contributed by atoms with Gasteiger partial charge in [0.05, 0.1) is 13.2 Å². The van der Waals surface area contributed by atoms with E-state index >= 15 is 0 Å². The van der Waals surface area contributed by atoms with Gasteiger partial charge in [-0.2, -0.15) is 0 Å². The first-order valence-corrected chi connectivity index (χ1v) is 6.74. The van der Waals surface area contributed by atoms with Crippen LogP contribution in [0.3, 0.4) is 0 Å². The number of hydrogen-bond donors (Lipinski definition) is 1. The lowest BCUT2D eigenvalue weighted by Crippen LogP contribution is -2.24. The van der Waals surface area contributed by atoms with Gasteiger partial charge in [-0.05, 0) is 49.8 Å². The highest BCUT2D eigenvalue weighted by molar-refractivity contribution is 5.93. The predicted molar refractivity (Wildman–Crippen MR) is 74.2 cm³/mol. The summed E-state index contributed by atoms with van der Waals surface area (Å²) < 4.78 is 10.7. The molecule has 4 heteroatoms. The molecule has 19 heavy (non-hydrogen) atoms. The zero-order valence-corrected chi connectivity index (χ0v) is 11.5. The fourth-order valence-electron chi connectivity index (χ4n) is 2.45. The number of ether oxygens (including phenoxy) is 2. The molecule has 4 nitrogen and oxygen atoms in total. The van der Waals surface area contributed by atoms with Crippen molar-refractivity contribution in [1.82, 2.24) is 0 Å². The van der Waals surface area contributed by atoms with Crippen LogP contribution in [0, 0.1) is 5.92 Å². The third kappa shape index (κ3) is 3.40. The van der Waals surface area contributed by atoms with Crippen LogP contribution in [-0.4, -0.2) is 19.2 Å². The standard InChI is InChI=1S/C15H21NO3/c1-10-3-6-12(7-4-10)19-14-8-5-11(16)9-13(14)15(17)18-2/h5,8-10,12H,3-4,6-7,16H2,1-2H3. The van der Waals surface area contributed by atoms with Crippen molar-refractivity contribution in [3.63, 3.8) is 0 Å². The maximum Gasteiger partial charge on any atom is 0.341 e. The number of carbonyl (C=O) groups is 1. The molecule has 0 aromatic heterocycles. The molecule has 0 radical (unpaired) electrons. The Morgan fingerprint density at radius 2 is 1.95 bits per heavy atom. The van der Waals surface area contributed by atoms with Crippen LogP contribution in [0.4, 0.5) is 5.69 Å². The Morgan fingerprint density at radius 1 is 1.26 bits per heavy atom. The number of rotatable bonds is 3. The molecule has 1 aromatic carbocycles. The van der Waals surface area contributed by atoms with Gasteiger partial charge in [-0.3, -0.25) is 0 Å². The lowest BCUT2D eigenvalue weighted by Gasteiger charge is -2.27. The molecule has 1 saturated carbocycles. The van der Waals surface area contributed by atoms with Crippen LogP contribution in [0.15, 0.2) is 18.2 Å². The molecule has 1 fully saturated rings. The smallest absolute Gasteiger partial charge is 0.341 e. The summed E-state index contributed by atoms with van der Waals surface area (Å²) in [4.78, 5) is 11.7. The summed E-state index contributed by atoms with van der Waals surface area (Å²) >= 11 is 0. The Bertz CT molecular complexity index is 451. The molecule has 0 unspecified atom stereocenters. The normalized spacial score (nSPS) is 22.8. The largest absolute Gasteiger partial charge is 0.490 e. The predicted octanol–water partition coefficient (Wildman–Crippen LogP) is 3.01. The molecule has 1 aliphatic carbocycles. The number of carbonyl (C=O) groups excluding carboxylic acids is 1. The van der Waals surface area contributed by atoms with Gasteiger partial charge in [0.2, 0.25) is 0 Å². The van der Waals surface area contributed by atoms with Crippen LogP contribution in [0.2, 0.25) is 0 Å². The van der Waals surface area contributed by atoms with E-state index in [4.69, 9.17) is 15.2 Å². The summed E-state index contributed by atoms with van der Waals surface area (Å²) in [5, 5.41) is 0. The van der Waals surface area contributed by atoms with Crippen molar-refractivity contribution in [1.29, 1.82) is 0 Å². The van der Waals surface area contributed by atoms with Crippen LogP contribution in [0.25, 0.3) is 0 Å². The van der Waals surface area contributed by atoms with E-state index in [0.29, 0.717) is 17.0 Å². The van der Waals surface area contributed by atoms with Crippen molar-refractivity contribution in [2.75, 3.05) is 12.8 Å². The van der Waals surface area contributed by atoms with E-state index in [9.17, 15) is 4.79 Å². The van der Waals surface area contributed by atoms with Crippen LogP contribution in [0.1, 0.15) is 43.0 Å². The number of nitrogens with two attached hydrogens (primary N) is 1. The number of hydrogen-bond acceptors (Lipinski definition) is 4. The van der Waals surface area contributed by atoms with Gasteiger partial charge < -0.3 is 15.2 Å². The van der Waals surface area contributed by atoms with Crippen LogP contribution in [0.5, 0.6) is 5.75 Å². The Balaban J connectivity index is 2.13. The van der Waals surface area contributed by atoms with E-state index in [0.717, 1.165) is 18.8 Å². The summed E-state index contributed by atoms with van der Waals surface area (Å²) in [5.41, 5.74) is 6.64. The number of nitrogen functional groups attached to an aromatic ring is 1. The van der Waals surface area contributed by atoms with Crippen molar-refractivity contribution in [3.8, 4) is 5.75 Å². The fourth-order valence-corrected chi connectivity index (χ4v) is 2.45. The maximum atomic E-state index is 11.7. The molecule has 0 atom stereocenters. The van der Waals surface area contributed by atoms with E-state index in [1.807, 2.05) is 0 Å². The van der Waals surface area contributed by atoms with Crippen LogP contribution in [-0.2, 0) is 4.74 Å². The molecular weight excluding hydrogens is 242 g/mol. The zero-order chi connectivity index (χ0) is 13.8.